The van der Waals surface area contributed by atoms with Crippen LogP contribution in [0.2, 0.25) is 0 Å². The SMILES string of the molecule is CC(C)C[C@@H]1NC(=O)C(c2cccnc2)NC1=O. The van der Waals surface area contributed by atoms with Gasteiger partial charge in [-0.2, -0.15) is 0 Å². The van der Waals surface area contributed by atoms with Gasteiger partial charge in [0, 0.05) is 18.0 Å². The molecule has 18 heavy (non-hydrogen) atoms. The summed E-state index contributed by atoms with van der Waals surface area (Å²) < 4.78 is 0. The third-order valence-electron chi connectivity index (χ3n) is 2.91. The van der Waals surface area contributed by atoms with E-state index in [1.165, 1.54) is 0 Å². The molecule has 1 fully saturated rings. The lowest BCUT2D eigenvalue weighted by Gasteiger charge is -2.30. The molecular formula is C13H17N3O2. The first-order chi connectivity index (χ1) is 8.58. The molecule has 0 aromatic carbocycles. The van der Waals surface area contributed by atoms with E-state index in [4.69, 9.17) is 0 Å². The predicted molar refractivity (Wildman–Crippen MR) is 66.5 cm³/mol. The van der Waals surface area contributed by atoms with Crippen molar-refractivity contribution in [2.45, 2.75) is 32.4 Å². The van der Waals surface area contributed by atoms with Crippen molar-refractivity contribution in [2.24, 2.45) is 5.92 Å². The van der Waals surface area contributed by atoms with Crippen molar-refractivity contribution in [1.29, 1.82) is 0 Å². The van der Waals surface area contributed by atoms with Crippen molar-refractivity contribution < 1.29 is 9.59 Å². The number of pyridine rings is 1. The summed E-state index contributed by atoms with van der Waals surface area (Å²) in [5.74, 6) is 0.0568. The highest BCUT2D eigenvalue weighted by Crippen LogP contribution is 2.17. The van der Waals surface area contributed by atoms with Crippen molar-refractivity contribution in [3.8, 4) is 0 Å². The standard InChI is InChI=1S/C13H17N3O2/c1-8(2)6-10-12(17)16-11(13(18)15-10)9-4-3-5-14-7-9/h3-5,7-8,10-11H,6H2,1-2H3,(H,15,18)(H,16,17)/t10-,11?/m0/s1. The van der Waals surface area contributed by atoms with Gasteiger partial charge in [0.2, 0.25) is 11.8 Å². The van der Waals surface area contributed by atoms with Gasteiger partial charge < -0.3 is 10.6 Å². The molecule has 1 aliphatic heterocycles. The molecule has 1 saturated heterocycles. The lowest BCUT2D eigenvalue weighted by Crippen LogP contribution is -2.57. The number of carbonyl (C=O) groups is 2. The Balaban J connectivity index is 2.11. The summed E-state index contributed by atoms with van der Waals surface area (Å²) in [4.78, 5) is 27.8. The molecule has 0 bridgehead atoms. The van der Waals surface area contributed by atoms with Crippen LogP contribution in [0.5, 0.6) is 0 Å². The number of piperazine rings is 1. The molecule has 5 nitrogen and oxygen atoms in total. The fraction of sp³-hybridized carbons (Fsp3) is 0.462. The molecule has 1 aliphatic rings. The maximum Gasteiger partial charge on any atom is 0.247 e. The molecule has 2 atom stereocenters. The van der Waals surface area contributed by atoms with Gasteiger partial charge in [-0.15, -0.1) is 0 Å². The minimum atomic E-state index is -0.630. The normalized spacial score (nSPS) is 23.7. The second-order valence-electron chi connectivity index (χ2n) is 4.92. The van der Waals surface area contributed by atoms with Gasteiger partial charge in [0.1, 0.15) is 12.1 Å². The average Bonchev–Trinajstić information content (AvgIpc) is 2.34. The number of carbonyl (C=O) groups excluding carboxylic acids is 2. The van der Waals surface area contributed by atoms with Crippen molar-refractivity contribution in [2.75, 3.05) is 0 Å². The molecule has 5 heteroatoms. The van der Waals surface area contributed by atoms with Gasteiger partial charge in [-0.25, -0.2) is 0 Å². The number of rotatable bonds is 3. The quantitative estimate of drug-likeness (QED) is 0.829. The highest BCUT2D eigenvalue weighted by atomic mass is 16.2. The third kappa shape index (κ3) is 2.67. The zero-order valence-electron chi connectivity index (χ0n) is 10.5. The fourth-order valence-electron chi connectivity index (χ4n) is 2.05. The number of amides is 2. The monoisotopic (exact) mass is 247 g/mol. The Morgan fingerprint density at radius 3 is 2.67 bits per heavy atom. The van der Waals surface area contributed by atoms with Crippen LogP contribution in [0.15, 0.2) is 24.5 Å². The van der Waals surface area contributed by atoms with E-state index >= 15 is 0 Å². The van der Waals surface area contributed by atoms with Crippen molar-refractivity contribution in [1.82, 2.24) is 15.6 Å². The first kappa shape index (κ1) is 12.5. The van der Waals surface area contributed by atoms with Gasteiger partial charge >= 0.3 is 0 Å². The molecule has 0 radical (unpaired) electrons. The van der Waals surface area contributed by atoms with E-state index in [0.29, 0.717) is 17.9 Å². The number of hydrogen-bond acceptors (Lipinski definition) is 3. The second-order valence-corrected chi connectivity index (χ2v) is 4.92. The number of hydrogen-bond donors (Lipinski definition) is 2. The van der Waals surface area contributed by atoms with Crippen LogP contribution in [0.3, 0.4) is 0 Å². The van der Waals surface area contributed by atoms with Crippen LogP contribution >= 0.6 is 0 Å². The van der Waals surface area contributed by atoms with Crippen molar-refractivity contribution in [3.05, 3.63) is 30.1 Å². The predicted octanol–water partition coefficient (Wildman–Crippen LogP) is 0.783. The van der Waals surface area contributed by atoms with Gasteiger partial charge in [-0.3, -0.25) is 14.6 Å². The molecule has 1 unspecified atom stereocenters. The summed E-state index contributed by atoms with van der Waals surface area (Å²) in [5.41, 5.74) is 0.700. The number of nitrogens with one attached hydrogen (secondary N) is 2. The maximum atomic E-state index is 12.0. The molecule has 2 amide bonds. The highest BCUT2D eigenvalue weighted by molar-refractivity contribution is 5.97. The fourth-order valence-corrected chi connectivity index (χ4v) is 2.05. The summed E-state index contributed by atoms with van der Waals surface area (Å²) in [7, 11) is 0. The third-order valence-corrected chi connectivity index (χ3v) is 2.91. The van der Waals surface area contributed by atoms with Crippen LogP contribution in [0.25, 0.3) is 0 Å². The number of aromatic nitrogens is 1. The highest BCUT2D eigenvalue weighted by Gasteiger charge is 2.34. The largest absolute Gasteiger partial charge is 0.342 e. The van der Waals surface area contributed by atoms with E-state index in [2.05, 4.69) is 15.6 Å². The van der Waals surface area contributed by atoms with E-state index in [9.17, 15) is 9.59 Å². The molecule has 96 valence electrons. The Labute approximate surface area is 106 Å². The lowest BCUT2D eigenvalue weighted by molar-refractivity contribution is -0.137. The molecule has 2 rings (SSSR count). The van der Waals surface area contributed by atoms with Gasteiger partial charge in [0.15, 0.2) is 0 Å². The molecular weight excluding hydrogens is 230 g/mol. The van der Waals surface area contributed by atoms with Crippen LogP contribution in [0.1, 0.15) is 31.9 Å². The minimum Gasteiger partial charge on any atom is -0.342 e. The Bertz CT molecular complexity index is 445. The summed E-state index contributed by atoms with van der Waals surface area (Å²) >= 11 is 0. The molecule has 2 N–H and O–H groups in total. The van der Waals surface area contributed by atoms with Crippen LogP contribution in [0.4, 0.5) is 0 Å². The smallest absolute Gasteiger partial charge is 0.247 e. The van der Waals surface area contributed by atoms with E-state index in [0.717, 1.165) is 0 Å². The Morgan fingerprint density at radius 1 is 1.28 bits per heavy atom. The van der Waals surface area contributed by atoms with Gasteiger partial charge in [0.25, 0.3) is 0 Å². The van der Waals surface area contributed by atoms with Crippen molar-refractivity contribution in [3.63, 3.8) is 0 Å². The van der Waals surface area contributed by atoms with E-state index in [1.54, 1.807) is 24.5 Å². The zero-order chi connectivity index (χ0) is 13.1. The summed E-state index contributed by atoms with van der Waals surface area (Å²) in [6.07, 6.45) is 3.87. The number of nitrogens with zero attached hydrogens (tertiary/aromatic N) is 1. The minimum absolute atomic E-state index is 0.128. The average molecular weight is 247 g/mol. The van der Waals surface area contributed by atoms with Crippen LogP contribution in [-0.2, 0) is 9.59 Å². The Morgan fingerprint density at radius 2 is 2.06 bits per heavy atom. The second kappa shape index (κ2) is 5.16. The van der Waals surface area contributed by atoms with Gasteiger partial charge in [-0.1, -0.05) is 19.9 Å². The Kier molecular flexibility index (Phi) is 3.60. The zero-order valence-corrected chi connectivity index (χ0v) is 10.5. The van der Waals surface area contributed by atoms with Gasteiger partial charge in [-0.05, 0) is 18.4 Å². The topological polar surface area (TPSA) is 71.1 Å². The van der Waals surface area contributed by atoms with Crippen molar-refractivity contribution >= 4 is 11.8 Å². The molecule has 1 aromatic heterocycles. The summed E-state index contributed by atoms with van der Waals surface area (Å²) in [5, 5.41) is 5.51. The lowest BCUT2D eigenvalue weighted by atomic mass is 9.98. The van der Waals surface area contributed by atoms with Gasteiger partial charge in [0.05, 0.1) is 0 Å². The molecule has 0 spiro atoms. The van der Waals surface area contributed by atoms with E-state index in [1.807, 2.05) is 13.8 Å². The summed E-state index contributed by atoms with van der Waals surface area (Å²) in [6.45, 7) is 4.04. The summed E-state index contributed by atoms with van der Waals surface area (Å²) in [6, 6.07) is 2.47. The first-order valence-corrected chi connectivity index (χ1v) is 6.08. The molecule has 2 heterocycles. The molecule has 0 aliphatic carbocycles. The Hall–Kier alpha value is -1.91. The van der Waals surface area contributed by atoms with Crippen LogP contribution in [-0.4, -0.2) is 22.8 Å². The maximum absolute atomic E-state index is 12.0. The van der Waals surface area contributed by atoms with E-state index < -0.39 is 12.1 Å². The first-order valence-electron chi connectivity index (χ1n) is 6.08. The van der Waals surface area contributed by atoms with Crippen LogP contribution < -0.4 is 10.6 Å². The van der Waals surface area contributed by atoms with E-state index in [-0.39, 0.29) is 11.8 Å². The molecule has 1 aromatic rings. The molecule has 0 saturated carbocycles. The van der Waals surface area contributed by atoms with Crippen LogP contribution in [0, 0.1) is 5.92 Å².